The average Bonchev–Trinajstić information content (AvgIpc) is 2.36. The summed E-state index contributed by atoms with van der Waals surface area (Å²) in [6, 6.07) is 7.90. The zero-order chi connectivity index (χ0) is 13.1. The van der Waals surface area contributed by atoms with Gasteiger partial charge in [0, 0.05) is 26.3 Å². The van der Waals surface area contributed by atoms with Crippen LogP contribution in [-0.2, 0) is 20.9 Å². The molecule has 0 atom stereocenters. The lowest BCUT2D eigenvalue weighted by atomic mass is 10.2. The molecule has 0 aliphatic carbocycles. The number of esters is 1. The summed E-state index contributed by atoms with van der Waals surface area (Å²) in [6.45, 7) is 1.18. The van der Waals surface area contributed by atoms with Crippen LogP contribution in [0.1, 0.15) is 5.56 Å². The molecule has 2 rings (SSSR count). The van der Waals surface area contributed by atoms with Gasteiger partial charge in [0.1, 0.15) is 6.61 Å². The van der Waals surface area contributed by atoms with Gasteiger partial charge in [-0.3, -0.25) is 4.79 Å². The lowest BCUT2D eigenvalue weighted by Gasteiger charge is -2.25. The van der Waals surface area contributed by atoms with Crippen LogP contribution in [-0.4, -0.2) is 44.0 Å². The van der Waals surface area contributed by atoms with Crippen molar-refractivity contribution in [1.29, 1.82) is 0 Å². The molecular weight excluding hydrogens is 232 g/mol. The number of rotatable bonds is 3. The largest absolute Gasteiger partial charge is 0.457 e. The van der Waals surface area contributed by atoms with Gasteiger partial charge in [0.15, 0.2) is 0 Å². The highest BCUT2D eigenvalue weighted by Gasteiger charge is 2.27. The minimum absolute atomic E-state index is 0.278. The summed E-state index contributed by atoms with van der Waals surface area (Å²) in [6.07, 6.45) is 0. The summed E-state index contributed by atoms with van der Waals surface area (Å²) in [5, 5.41) is 0. The third-order valence-electron chi connectivity index (χ3n) is 2.88. The fraction of sp³-hybridized carbons (Fsp3) is 0.385. The Labute approximate surface area is 106 Å². The van der Waals surface area contributed by atoms with Crippen LogP contribution in [0.5, 0.6) is 0 Å². The summed E-state index contributed by atoms with van der Waals surface area (Å²) in [7, 11) is 3.94. The van der Waals surface area contributed by atoms with E-state index in [1.165, 1.54) is 4.90 Å². The van der Waals surface area contributed by atoms with Gasteiger partial charge in [-0.05, 0) is 17.7 Å². The second kappa shape index (κ2) is 5.08. The summed E-state index contributed by atoms with van der Waals surface area (Å²) in [5.41, 5.74) is 2.10. The van der Waals surface area contributed by atoms with E-state index in [0.717, 1.165) is 11.3 Å². The van der Waals surface area contributed by atoms with E-state index in [0.29, 0.717) is 13.1 Å². The molecule has 0 bridgehead atoms. The van der Waals surface area contributed by atoms with Crippen molar-refractivity contribution in [3.05, 3.63) is 29.8 Å². The number of anilines is 1. The number of hydrogen-bond acceptors (Lipinski definition) is 4. The van der Waals surface area contributed by atoms with Crippen LogP contribution in [0.3, 0.4) is 0 Å². The Morgan fingerprint density at radius 2 is 1.89 bits per heavy atom. The third kappa shape index (κ3) is 2.61. The molecule has 5 heteroatoms. The molecule has 1 heterocycles. The lowest BCUT2D eigenvalue weighted by Crippen LogP contribution is -2.44. The molecule has 0 spiro atoms. The fourth-order valence-electron chi connectivity index (χ4n) is 1.81. The maximum Gasteiger partial charge on any atom is 0.397 e. The number of cyclic esters (lactones) is 1. The molecule has 5 nitrogen and oxygen atoms in total. The second-order valence-electron chi connectivity index (χ2n) is 4.42. The molecule has 1 fully saturated rings. The van der Waals surface area contributed by atoms with Gasteiger partial charge in [0.05, 0.1) is 6.54 Å². The third-order valence-corrected chi connectivity index (χ3v) is 2.88. The van der Waals surface area contributed by atoms with Crippen molar-refractivity contribution in [2.75, 3.05) is 32.1 Å². The van der Waals surface area contributed by atoms with E-state index in [-0.39, 0.29) is 6.61 Å². The van der Waals surface area contributed by atoms with Crippen LogP contribution in [0, 0.1) is 0 Å². The maximum absolute atomic E-state index is 11.5. The van der Waals surface area contributed by atoms with E-state index in [4.69, 9.17) is 0 Å². The number of carbonyl (C=O) groups is 2. The van der Waals surface area contributed by atoms with Gasteiger partial charge < -0.3 is 14.5 Å². The molecule has 1 aliphatic rings. The summed E-state index contributed by atoms with van der Waals surface area (Å²) in [4.78, 5) is 26.2. The fourth-order valence-corrected chi connectivity index (χ4v) is 1.81. The predicted molar refractivity (Wildman–Crippen MR) is 67.1 cm³/mol. The minimum Gasteiger partial charge on any atom is -0.457 e. The normalized spacial score (nSPS) is 15.6. The first-order valence-electron chi connectivity index (χ1n) is 5.80. The molecule has 1 aromatic rings. The number of ether oxygens (including phenoxy) is 1. The molecule has 0 unspecified atom stereocenters. The van der Waals surface area contributed by atoms with Crippen molar-refractivity contribution in [2.45, 2.75) is 6.54 Å². The van der Waals surface area contributed by atoms with Crippen LogP contribution in [0.25, 0.3) is 0 Å². The van der Waals surface area contributed by atoms with E-state index in [9.17, 15) is 9.59 Å². The van der Waals surface area contributed by atoms with Crippen molar-refractivity contribution < 1.29 is 14.3 Å². The quantitative estimate of drug-likeness (QED) is 0.582. The van der Waals surface area contributed by atoms with Crippen molar-refractivity contribution in [1.82, 2.24) is 4.90 Å². The number of morpholine rings is 1. The molecule has 1 aliphatic heterocycles. The smallest absolute Gasteiger partial charge is 0.397 e. The van der Waals surface area contributed by atoms with Crippen molar-refractivity contribution >= 4 is 17.6 Å². The molecule has 0 radical (unpaired) electrons. The number of carbonyl (C=O) groups excluding carboxylic acids is 2. The Morgan fingerprint density at radius 1 is 1.22 bits per heavy atom. The topological polar surface area (TPSA) is 49.9 Å². The van der Waals surface area contributed by atoms with Crippen molar-refractivity contribution in [3.8, 4) is 0 Å². The monoisotopic (exact) mass is 248 g/mol. The number of benzene rings is 1. The first-order valence-corrected chi connectivity index (χ1v) is 5.80. The van der Waals surface area contributed by atoms with E-state index in [2.05, 4.69) is 4.74 Å². The highest BCUT2D eigenvalue weighted by atomic mass is 16.5. The molecule has 0 aromatic heterocycles. The molecule has 18 heavy (non-hydrogen) atoms. The Balaban J connectivity index is 2.05. The Morgan fingerprint density at radius 3 is 2.50 bits per heavy atom. The first kappa shape index (κ1) is 12.4. The van der Waals surface area contributed by atoms with Gasteiger partial charge in [-0.1, -0.05) is 12.1 Å². The molecule has 0 saturated carbocycles. The molecule has 96 valence electrons. The van der Waals surface area contributed by atoms with Gasteiger partial charge in [-0.15, -0.1) is 0 Å². The van der Waals surface area contributed by atoms with Gasteiger partial charge >= 0.3 is 11.9 Å². The molecule has 1 amide bonds. The number of amides is 1. The molecule has 1 saturated heterocycles. The second-order valence-corrected chi connectivity index (χ2v) is 4.42. The van der Waals surface area contributed by atoms with E-state index < -0.39 is 11.9 Å². The summed E-state index contributed by atoms with van der Waals surface area (Å²) >= 11 is 0. The first-order chi connectivity index (χ1) is 8.58. The van der Waals surface area contributed by atoms with E-state index >= 15 is 0 Å². The van der Waals surface area contributed by atoms with Crippen LogP contribution < -0.4 is 4.90 Å². The van der Waals surface area contributed by atoms with Crippen LogP contribution in [0.15, 0.2) is 24.3 Å². The summed E-state index contributed by atoms with van der Waals surface area (Å²) < 4.78 is 4.67. The van der Waals surface area contributed by atoms with Gasteiger partial charge in [0.2, 0.25) is 0 Å². The molecule has 1 aromatic carbocycles. The van der Waals surface area contributed by atoms with Crippen LogP contribution in [0.4, 0.5) is 5.69 Å². The van der Waals surface area contributed by atoms with Gasteiger partial charge in [-0.2, -0.15) is 0 Å². The zero-order valence-corrected chi connectivity index (χ0v) is 10.5. The minimum atomic E-state index is -0.758. The highest BCUT2D eigenvalue weighted by Crippen LogP contribution is 2.14. The summed E-state index contributed by atoms with van der Waals surface area (Å²) in [5.74, 6) is -1.32. The Kier molecular flexibility index (Phi) is 3.50. The SMILES string of the molecule is CN(C)c1ccc(CN2CCOC(=O)C2=O)cc1. The number of nitrogens with zero attached hydrogens (tertiary/aromatic N) is 2. The van der Waals surface area contributed by atoms with Crippen molar-refractivity contribution in [2.24, 2.45) is 0 Å². The van der Waals surface area contributed by atoms with Crippen LogP contribution >= 0.6 is 0 Å². The highest BCUT2D eigenvalue weighted by molar-refractivity contribution is 6.32. The van der Waals surface area contributed by atoms with Crippen LogP contribution in [0.2, 0.25) is 0 Å². The zero-order valence-electron chi connectivity index (χ0n) is 10.5. The van der Waals surface area contributed by atoms with E-state index in [1.54, 1.807) is 0 Å². The Hall–Kier alpha value is -2.04. The van der Waals surface area contributed by atoms with Gasteiger partial charge in [-0.25, -0.2) is 4.79 Å². The average molecular weight is 248 g/mol. The van der Waals surface area contributed by atoms with E-state index in [1.807, 2.05) is 43.3 Å². The lowest BCUT2D eigenvalue weighted by molar-refractivity contribution is -0.166. The predicted octanol–water partition coefficient (Wildman–Crippen LogP) is 0.638. The maximum atomic E-state index is 11.5. The Bertz CT molecular complexity index is 454. The van der Waals surface area contributed by atoms with Crippen molar-refractivity contribution in [3.63, 3.8) is 0 Å². The molecular formula is C13H16N2O3. The standard InChI is InChI=1S/C13H16N2O3/c1-14(2)11-5-3-10(4-6-11)9-15-7-8-18-13(17)12(15)16/h3-6H,7-9H2,1-2H3. The van der Waals surface area contributed by atoms with Gasteiger partial charge in [0.25, 0.3) is 0 Å². The molecule has 0 N–H and O–H groups in total. The number of hydrogen-bond donors (Lipinski definition) is 0.